The van der Waals surface area contributed by atoms with Crippen LogP contribution in [0.4, 0.5) is 5.69 Å². The third-order valence-corrected chi connectivity index (χ3v) is 4.66. The minimum absolute atomic E-state index is 0.0472. The molecule has 1 aliphatic heterocycles. The van der Waals surface area contributed by atoms with Gasteiger partial charge in [0.05, 0.1) is 6.54 Å². The van der Waals surface area contributed by atoms with Crippen molar-refractivity contribution in [2.75, 3.05) is 5.32 Å². The smallest absolute Gasteiger partial charge is 0.279 e. The summed E-state index contributed by atoms with van der Waals surface area (Å²) < 4.78 is 0. The molecule has 1 aliphatic rings. The van der Waals surface area contributed by atoms with Crippen molar-refractivity contribution in [2.45, 2.75) is 13.5 Å². The second-order valence-electron chi connectivity index (χ2n) is 5.60. The van der Waals surface area contributed by atoms with Crippen LogP contribution in [-0.2, 0) is 16.1 Å². The van der Waals surface area contributed by atoms with Crippen LogP contribution < -0.4 is 5.32 Å². The Morgan fingerprint density at radius 1 is 0.920 bits per heavy atom. The number of benzene rings is 2. The van der Waals surface area contributed by atoms with Crippen LogP contribution in [0.15, 0.2) is 53.2 Å². The standard InChI is InChI=1S/C18H13Cl3N2O2/c1-10-2-5-13(20)8-14(10)22-16-15(21)17(24)23(18(16)25)9-11-3-6-12(19)7-4-11/h2-8,22H,9H2,1H3. The first-order valence-electron chi connectivity index (χ1n) is 7.40. The summed E-state index contributed by atoms with van der Waals surface area (Å²) in [7, 11) is 0. The Morgan fingerprint density at radius 3 is 2.24 bits per heavy atom. The number of nitrogens with one attached hydrogen (secondary N) is 1. The van der Waals surface area contributed by atoms with Crippen molar-refractivity contribution >= 4 is 52.3 Å². The molecule has 0 unspecified atom stereocenters. The first kappa shape index (κ1) is 17.8. The van der Waals surface area contributed by atoms with E-state index in [0.717, 1.165) is 16.0 Å². The Hall–Kier alpha value is -2.01. The van der Waals surface area contributed by atoms with Gasteiger partial charge in [-0.2, -0.15) is 0 Å². The van der Waals surface area contributed by atoms with Gasteiger partial charge in [0.2, 0.25) is 0 Å². The molecule has 0 aliphatic carbocycles. The zero-order valence-corrected chi connectivity index (χ0v) is 15.4. The molecule has 0 saturated heterocycles. The van der Waals surface area contributed by atoms with Crippen molar-refractivity contribution in [1.82, 2.24) is 4.90 Å². The number of hydrogen-bond acceptors (Lipinski definition) is 3. The van der Waals surface area contributed by atoms with Crippen LogP contribution in [0.3, 0.4) is 0 Å². The fourth-order valence-corrected chi connectivity index (χ4v) is 2.96. The third kappa shape index (κ3) is 3.66. The van der Waals surface area contributed by atoms with Crippen LogP contribution in [0, 0.1) is 6.92 Å². The largest absolute Gasteiger partial charge is 0.349 e. The second-order valence-corrected chi connectivity index (χ2v) is 6.85. The van der Waals surface area contributed by atoms with Gasteiger partial charge in [-0.1, -0.05) is 53.0 Å². The predicted octanol–water partition coefficient (Wildman–Crippen LogP) is 4.73. The van der Waals surface area contributed by atoms with Crippen LogP contribution in [0.25, 0.3) is 0 Å². The first-order valence-corrected chi connectivity index (χ1v) is 8.54. The molecule has 25 heavy (non-hydrogen) atoms. The van der Waals surface area contributed by atoms with Crippen molar-refractivity contribution in [2.24, 2.45) is 0 Å². The van der Waals surface area contributed by atoms with Gasteiger partial charge in [-0.3, -0.25) is 14.5 Å². The number of anilines is 1. The van der Waals surface area contributed by atoms with E-state index in [-0.39, 0.29) is 17.3 Å². The van der Waals surface area contributed by atoms with Gasteiger partial charge in [-0.05, 0) is 42.3 Å². The molecule has 128 valence electrons. The van der Waals surface area contributed by atoms with Crippen molar-refractivity contribution < 1.29 is 9.59 Å². The number of halogens is 3. The van der Waals surface area contributed by atoms with E-state index >= 15 is 0 Å². The topological polar surface area (TPSA) is 49.4 Å². The summed E-state index contributed by atoms with van der Waals surface area (Å²) >= 11 is 17.9. The average molecular weight is 396 g/mol. The maximum Gasteiger partial charge on any atom is 0.279 e. The highest BCUT2D eigenvalue weighted by atomic mass is 35.5. The number of rotatable bonds is 4. The maximum absolute atomic E-state index is 12.6. The molecule has 7 heteroatoms. The molecule has 0 fully saturated rings. The van der Waals surface area contributed by atoms with Gasteiger partial charge in [0.25, 0.3) is 11.8 Å². The molecule has 0 aromatic heterocycles. The Morgan fingerprint density at radius 2 is 1.56 bits per heavy atom. The lowest BCUT2D eigenvalue weighted by Crippen LogP contribution is -2.31. The van der Waals surface area contributed by atoms with E-state index in [0.29, 0.717) is 15.7 Å². The summed E-state index contributed by atoms with van der Waals surface area (Å²) in [5.41, 5.74) is 2.31. The van der Waals surface area contributed by atoms with E-state index in [1.807, 2.05) is 13.0 Å². The molecule has 1 N–H and O–H groups in total. The number of nitrogens with zero attached hydrogens (tertiary/aromatic N) is 1. The lowest BCUT2D eigenvalue weighted by molar-refractivity contribution is -0.138. The van der Waals surface area contributed by atoms with Crippen molar-refractivity contribution in [3.63, 3.8) is 0 Å². The summed E-state index contributed by atoms with van der Waals surface area (Å²) in [4.78, 5) is 26.1. The monoisotopic (exact) mass is 394 g/mol. The molecule has 2 aromatic carbocycles. The van der Waals surface area contributed by atoms with Crippen LogP contribution in [-0.4, -0.2) is 16.7 Å². The molecular weight excluding hydrogens is 383 g/mol. The Labute approximate surface area is 160 Å². The molecule has 0 saturated carbocycles. The lowest BCUT2D eigenvalue weighted by atomic mass is 10.2. The quantitative estimate of drug-likeness (QED) is 0.761. The van der Waals surface area contributed by atoms with Gasteiger partial charge in [-0.25, -0.2) is 0 Å². The second kappa shape index (κ2) is 7.08. The van der Waals surface area contributed by atoms with Gasteiger partial charge in [0, 0.05) is 15.7 Å². The van der Waals surface area contributed by atoms with Crippen LogP contribution >= 0.6 is 34.8 Å². The summed E-state index contributed by atoms with van der Waals surface area (Å²) in [6, 6.07) is 12.1. The first-order chi connectivity index (χ1) is 11.9. The number of aryl methyl sites for hydroxylation is 1. The van der Waals surface area contributed by atoms with E-state index < -0.39 is 11.8 Å². The molecule has 2 aromatic rings. The maximum atomic E-state index is 12.6. The highest BCUT2D eigenvalue weighted by Gasteiger charge is 2.37. The fourth-order valence-electron chi connectivity index (χ4n) is 2.43. The number of carbonyl (C=O) groups excluding carboxylic acids is 2. The molecule has 0 bridgehead atoms. The van der Waals surface area contributed by atoms with Crippen molar-refractivity contribution in [1.29, 1.82) is 0 Å². The Balaban J connectivity index is 1.84. The highest BCUT2D eigenvalue weighted by Crippen LogP contribution is 2.29. The van der Waals surface area contributed by atoms with Gasteiger partial charge >= 0.3 is 0 Å². The molecule has 3 rings (SSSR count). The van der Waals surface area contributed by atoms with Crippen molar-refractivity contribution in [3.8, 4) is 0 Å². The Kier molecular flexibility index (Phi) is 5.04. The average Bonchev–Trinajstić information content (AvgIpc) is 2.78. The summed E-state index contributed by atoms with van der Waals surface area (Å²) in [6.45, 7) is 1.98. The molecule has 0 atom stereocenters. The molecule has 1 heterocycles. The summed E-state index contributed by atoms with van der Waals surface area (Å²) in [6.07, 6.45) is 0. The van der Waals surface area contributed by atoms with Gasteiger partial charge in [0.15, 0.2) is 0 Å². The number of imide groups is 1. The number of hydrogen-bond donors (Lipinski definition) is 1. The normalized spacial score (nSPS) is 14.5. The minimum Gasteiger partial charge on any atom is -0.349 e. The fraction of sp³-hybridized carbons (Fsp3) is 0.111. The molecule has 4 nitrogen and oxygen atoms in total. The zero-order valence-electron chi connectivity index (χ0n) is 13.1. The lowest BCUT2D eigenvalue weighted by Gasteiger charge is -2.15. The number of amides is 2. The van der Waals surface area contributed by atoms with Crippen LogP contribution in [0.1, 0.15) is 11.1 Å². The minimum atomic E-state index is -0.538. The van der Waals surface area contributed by atoms with Crippen LogP contribution in [0.5, 0.6) is 0 Å². The third-order valence-electron chi connectivity index (χ3n) is 3.82. The van der Waals surface area contributed by atoms with E-state index in [1.165, 1.54) is 0 Å². The van der Waals surface area contributed by atoms with Gasteiger partial charge < -0.3 is 5.32 Å². The van der Waals surface area contributed by atoms with E-state index in [9.17, 15) is 9.59 Å². The van der Waals surface area contributed by atoms with Crippen LogP contribution in [0.2, 0.25) is 10.0 Å². The molecule has 0 spiro atoms. The SMILES string of the molecule is Cc1ccc(Cl)cc1NC1=C(Cl)C(=O)N(Cc2ccc(Cl)cc2)C1=O. The molecule has 2 amide bonds. The van der Waals surface area contributed by atoms with E-state index in [1.54, 1.807) is 36.4 Å². The van der Waals surface area contributed by atoms with Gasteiger partial charge in [0.1, 0.15) is 10.7 Å². The van der Waals surface area contributed by atoms with E-state index in [2.05, 4.69) is 5.32 Å². The van der Waals surface area contributed by atoms with Gasteiger partial charge in [-0.15, -0.1) is 0 Å². The Bertz CT molecular complexity index is 892. The summed E-state index contributed by atoms with van der Waals surface area (Å²) in [5, 5.41) is 3.89. The highest BCUT2D eigenvalue weighted by molar-refractivity contribution is 6.48. The van der Waals surface area contributed by atoms with E-state index in [4.69, 9.17) is 34.8 Å². The summed E-state index contributed by atoms with van der Waals surface area (Å²) in [5.74, 6) is -1.02. The van der Waals surface area contributed by atoms with Crippen molar-refractivity contribution in [3.05, 3.63) is 74.4 Å². The zero-order chi connectivity index (χ0) is 18.1. The molecule has 0 radical (unpaired) electrons. The molecular formula is C18H13Cl3N2O2. The predicted molar refractivity (Wildman–Crippen MR) is 99.7 cm³/mol. The number of carbonyl (C=O) groups is 2.